The molecule has 0 aliphatic heterocycles. The van der Waals surface area contributed by atoms with Gasteiger partial charge in [0.05, 0.1) is 11.1 Å². The number of fused-ring (bicyclic) bond motifs is 1. The lowest BCUT2D eigenvalue weighted by atomic mass is 10.2. The summed E-state index contributed by atoms with van der Waals surface area (Å²) in [6.07, 6.45) is 2.50. The number of H-pyrrole nitrogens is 1. The molecule has 0 unspecified atom stereocenters. The van der Waals surface area contributed by atoms with Gasteiger partial charge in [0.1, 0.15) is 0 Å². The third-order valence-corrected chi connectivity index (χ3v) is 5.17. The fourth-order valence-corrected chi connectivity index (χ4v) is 3.45. The second kappa shape index (κ2) is 7.65. The summed E-state index contributed by atoms with van der Waals surface area (Å²) in [6.45, 7) is 1.97. The number of aromatic amines is 1. The zero-order valence-electron chi connectivity index (χ0n) is 15.8. The number of sulfonamides is 1. The van der Waals surface area contributed by atoms with Crippen LogP contribution < -0.4 is 10.5 Å². The molecule has 4 rings (SSSR count). The SMILES string of the molecule is Cc1cc2ccc(C=Nc3nc(Nc4cccc(S(N)(=O)=O)c4)ncc3F)cc2[nH]1. The number of primary sulfonamides is 1. The molecule has 0 saturated heterocycles. The van der Waals surface area contributed by atoms with Crippen molar-refractivity contribution in [3.05, 3.63) is 71.8 Å². The molecule has 152 valence electrons. The predicted octanol–water partition coefficient (Wildman–Crippen LogP) is 3.55. The van der Waals surface area contributed by atoms with Gasteiger partial charge in [0, 0.05) is 23.1 Å². The van der Waals surface area contributed by atoms with E-state index in [9.17, 15) is 12.8 Å². The first-order chi connectivity index (χ1) is 14.3. The number of aliphatic imine (C=N–C) groups is 1. The number of hydrogen-bond acceptors (Lipinski definition) is 6. The van der Waals surface area contributed by atoms with Crippen molar-refractivity contribution in [1.29, 1.82) is 0 Å². The monoisotopic (exact) mass is 424 g/mol. The molecule has 0 aliphatic rings. The fourth-order valence-electron chi connectivity index (χ4n) is 2.89. The number of hydrogen-bond donors (Lipinski definition) is 3. The van der Waals surface area contributed by atoms with E-state index < -0.39 is 15.8 Å². The van der Waals surface area contributed by atoms with Crippen molar-refractivity contribution in [2.75, 3.05) is 5.32 Å². The number of aromatic nitrogens is 3. The maximum atomic E-state index is 14.1. The van der Waals surface area contributed by atoms with Crippen LogP contribution in [0.25, 0.3) is 10.9 Å². The molecule has 30 heavy (non-hydrogen) atoms. The van der Waals surface area contributed by atoms with Crippen LogP contribution in [0, 0.1) is 12.7 Å². The molecule has 2 heterocycles. The molecule has 2 aromatic heterocycles. The van der Waals surface area contributed by atoms with Gasteiger partial charge in [-0.2, -0.15) is 4.98 Å². The molecule has 4 N–H and O–H groups in total. The van der Waals surface area contributed by atoms with Crippen LogP contribution in [0.1, 0.15) is 11.3 Å². The standard InChI is InChI=1S/C20H17FN6O2S/c1-12-7-14-6-5-13(8-18(14)25-12)10-23-19-17(21)11-24-20(27-19)26-15-3-2-4-16(9-15)30(22,28)29/h2-11,25H,1H3,(H2,22,28,29)(H,24,26,27). The topological polar surface area (TPSA) is 126 Å². The number of nitrogens with one attached hydrogen (secondary N) is 2. The van der Waals surface area contributed by atoms with E-state index in [1.54, 1.807) is 6.07 Å². The van der Waals surface area contributed by atoms with Gasteiger partial charge in [-0.15, -0.1) is 0 Å². The Morgan fingerprint density at radius 2 is 2.03 bits per heavy atom. The van der Waals surface area contributed by atoms with Crippen LogP contribution in [-0.2, 0) is 10.0 Å². The summed E-state index contributed by atoms with van der Waals surface area (Å²) in [6, 6.07) is 13.6. The largest absolute Gasteiger partial charge is 0.359 e. The van der Waals surface area contributed by atoms with Crippen molar-refractivity contribution in [2.24, 2.45) is 10.1 Å². The van der Waals surface area contributed by atoms with Crippen molar-refractivity contribution in [2.45, 2.75) is 11.8 Å². The third-order valence-electron chi connectivity index (χ3n) is 4.26. The van der Waals surface area contributed by atoms with Gasteiger partial charge < -0.3 is 10.3 Å². The first kappa shape index (κ1) is 19.7. The van der Waals surface area contributed by atoms with E-state index in [1.165, 1.54) is 24.4 Å². The zero-order valence-corrected chi connectivity index (χ0v) is 16.6. The molecule has 0 bridgehead atoms. The van der Waals surface area contributed by atoms with Crippen molar-refractivity contribution in [3.8, 4) is 0 Å². The summed E-state index contributed by atoms with van der Waals surface area (Å²) in [5.41, 5.74) is 3.16. The minimum atomic E-state index is -3.85. The first-order valence-corrected chi connectivity index (χ1v) is 10.4. The minimum Gasteiger partial charge on any atom is -0.359 e. The lowest BCUT2D eigenvalue weighted by Gasteiger charge is -2.07. The Balaban J connectivity index is 1.59. The van der Waals surface area contributed by atoms with Gasteiger partial charge in [0.2, 0.25) is 16.0 Å². The lowest BCUT2D eigenvalue weighted by molar-refractivity contribution is 0.598. The number of benzene rings is 2. The van der Waals surface area contributed by atoms with Crippen molar-refractivity contribution >= 4 is 44.6 Å². The molecule has 0 aliphatic carbocycles. The van der Waals surface area contributed by atoms with E-state index in [0.717, 1.165) is 28.4 Å². The van der Waals surface area contributed by atoms with E-state index >= 15 is 0 Å². The smallest absolute Gasteiger partial charge is 0.238 e. The van der Waals surface area contributed by atoms with Crippen LogP contribution in [0.5, 0.6) is 0 Å². The van der Waals surface area contributed by atoms with Crippen LogP contribution in [0.3, 0.4) is 0 Å². The number of halogens is 1. The molecule has 0 fully saturated rings. The Hall–Kier alpha value is -3.63. The first-order valence-electron chi connectivity index (χ1n) is 8.84. The fraction of sp³-hybridized carbons (Fsp3) is 0.0500. The molecule has 0 radical (unpaired) electrons. The molecular weight excluding hydrogens is 407 g/mol. The van der Waals surface area contributed by atoms with E-state index in [4.69, 9.17) is 5.14 Å². The van der Waals surface area contributed by atoms with Crippen molar-refractivity contribution in [3.63, 3.8) is 0 Å². The van der Waals surface area contributed by atoms with Crippen LogP contribution in [-0.4, -0.2) is 29.6 Å². The number of anilines is 2. The zero-order chi connectivity index (χ0) is 21.3. The maximum absolute atomic E-state index is 14.1. The average Bonchev–Trinajstić information content (AvgIpc) is 3.07. The van der Waals surface area contributed by atoms with Crippen LogP contribution in [0.2, 0.25) is 0 Å². The summed E-state index contributed by atoms with van der Waals surface area (Å²) in [5, 5.41) is 9.03. The maximum Gasteiger partial charge on any atom is 0.238 e. The highest BCUT2D eigenvalue weighted by Crippen LogP contribution is 2.21. The van der Waals surface area contributed by atoms with Crippen LogP contribution in [0.4, 0.5) is 21.8 Å². The van der Waals surface area contributed by atoms with Gasteiger partial charge in [0.15, 0.2) is 11.6 Å². The van der Waals surface area contributed by atoms with Gasteiger partial charge in [-0.25, -0.2) is 27.9 Å². The van der Waals surface area contributed by atoms with Gasteiger partial charge >= 0.3 is 0 Å². The van der Waals surface area contributed by atoms with E-state index in [2.05, 4.69) is 25.3 Å². The summed E-state index contributed by atoms with van der Waals surface area (Å²) in [5.74, 6) is -0.782. The minimum absolute atomic E-state index is 0.0607. The Kier molecular flexibility index (Phi) is 5.02. The summed E-state index contributed by atoms with van der Waals surface area (Å²) in [7, 11) is -3.85. The molecule has 0 spiro atoms. The van der Waals surface area contributed by atoms with Crippen LogP contribution >= 0.6 is 0 Å². The molecular formula is C20H17FN6O2S. The number of nitrogens with two attached hydrogens (primary N) is 1. The van der Waals surface area contributed by atoms with Crippen molar-refractivity contribution in [1.82, 2.24) is 15.0 Å². The Labute approximate surface area is 171 Å². The Morgan fingerprint density at radius 1 is 1.20 bits per heavy atom. The highest BCUT2D eigenvalue weighted by molar-refractivity contribution is 7.89. The van der Waals surface area contributed by atoms with Crippen molar-refractivity contribution < 1.29 is 12.8 Å². The third kappa shape index (κ3) is 4.34. The van der Waals surface area contributed by atoms with E-state index in [0.29, 0.717) is 5.69 Å². The molecule has 4 aromatic rings. The average molecular weight is 424 g/mol. The second-order valence-corrected chi connectivity index (χ2v) is 8.18. The quantitative estimate of drug-likeness (QED) is 0.422. The Morgan fingerprint density at radius 3 is 2.83 bits per heavy atom. The number of nitrogens with zero attached hydrogens (tertiary/aromatic N) is 3. The molecule has 0 saturated carbocycles. The number of rotatable bonds is 5. The van der Waals surface area contributed by atoms with Gasteiger partial charge in [-0.3, -0.25) is 0 Å². The van der Waals surface area contributed by atoms with E-state index in [-0.39, 0.29) is 16.7 Å². The molecule has 0 atom stereocenters. The molecule has 8 nitrogen and oxygen atoms in total. The van der Waals surface area contributed by atoms with E-state index in [1.807, 2.05) is 31.2 Å². The van der Waals surface area contributed by atoms with Crippen LogP contribution in [0.15, 0.2) is 64.6 Å². The molecule has 10 heteroatoms. The lowest BCUT2D eigenvalue weighted by Crippen LogP contribution is -2.12. The normalized spacial score (nSPS) is 12.0. The summed E-state index contributed by atoms with van der Waals surface area (Å²) >= 11 is 0. The predicted molar refractivity (Wildman–Crippen MR) is 113 cm³/mol. The highest BCUT2D eigenvalue weighted by Gasteiger charge is 2.10. The summed E-state index contributed by atoms with van der Waals surface area (Å²) in [4.78, 5) is 15.2. The molecule has 2 aromatic carbocycles. The molecule has 0 amide bonds. The van der Waals surface area contributed by atoms with Gasteiger partial charge in [-0.1, -0.05) is 18.2 Å². The highest BCUT2D eigenvalue weighted by atomic mass is 32.2. The van der Waals surface area contributed by atoms with Gasteiger partial charge in [-0.05, 0) is 48.2 Å². The van der Waals surface area contributed by atoms with Gasteiger partial charge in [0.25, 0.3) is 0 Å². The summed E-state index contributed by atoms with van der Waals surface area (Å²) < 4.78 is 37.1. The Bertz CT molecular complexity index is 1380. The second-order valence-electron chi connectivity index (χ2n) is 6.62. The number of aryl methyl sites for hydroxylation is 1.